The average Bonchev–Trinajstić information content (AvgIpc) is 2.71. The molecule has 1 rings (SSSR count). The quantitative estimate of drug-likeness (QED) is 0.728. The van der Waals surface area contributed by atoms with Gasteiger partial charge in [0.1, 0.15) is 0 Å². The van der Waals surface area contributed by atoms with Crippen molar-refractivity contribution < 1.29 is 9.53 Å². The van der Waals surface area contributed by atoms with Gasteiger partial charge >= 0.3 is 0 Å². The third-order valence-corrected chi connectivity index (χ3v) is 3.85. The highest BCUT2D eigenvalue weighted by molar-refractivity contribution is 7.99. The van der Waals surface area contributed by atoms with Gasteiger partial charge in [0.05, 0.1) is 12.6 Å². The molecule has 0 aromatic heterocycles. The van der Waals surface area contributed by atoms with Gasteiger partial charge in [-0.25, -0.2) is 0 Å². The van der Waals surface area contributed by atoms with E-state index in [1.165, 1.54) is 0 Å². The maximum Gasteiger partial charge on any atom is 0.224 e. The van der Waals surface area contributed by atoms with Crippen LogP contribution in [0.1, 0.15) is 12.8 Å². The Kier molecular flexibility index (Phi) is 6.45. The number of thioether (sulfide) groups is 1. The molecule has 0 saturated carbocycles. The second kappa shape index (κ2) is 7.36. The molecule has 5 heteroatoms. The molecular formula is C10H18ClNO2S. The predicted molar refractivity (Wildman–Crippen MR) is 64.6 cm³/mol. The van der Waals surface area contributed by atoms with Gasteiger partial charge in [-0.3, -0.25) is 4.79 Å². The average molecular weight is 252 g/mol. The van der Waals surface area contributed by atoms with Crippen LogP contribution in [0.3, 0.4) is 0 Å². The fourth-order valence-electron chi connectivity index (χ4n) is 1.59. The van der Waals surface area contributed by atoms with Crippen molar-refractivity contribution in [2.75, 3.05) is 31.1 Å². The molecule has 0 spiro atoms. The Morgan fingerprint density at radius 2 is 2.53 bits per heavy atom. The van der Waals surface area contributed by atoms with Crippen molar-refractivity contribution in [1.82, 2.24) is 5.32 Å². The number of carbonyl (C=O) groups excluding carboxylic acids is 1. The molecule has 1 aliphatic rings. The first-order valence-electron chi connectivity index (χ1n) is 5.21. The number of hydrogen-bond acceptors (Lipinski definition) is 3. The van der Waals surface area contributed by atoms with Crippen molar-refractivity contribution in [3.8, 4) is 0 Å². The summed E-state index contributed by atoms with van der Waals surface area (Å²) in [4.78, 5) is 11.8. The van der Waals surface area contributed by atoms with E-state index in [1.54, 1.807) is 7.11 Å². The molecule has 0 bridgehead atoms. The molecule has 3 nitrogen and oxygen atoms in total. The number of ether oxygens (including phenoxy) is 1. The van der Waals surface area contributed by atoms with Crippen LogP contribution in [0.15, 0.2) is 0 Å². The lowest BCUT2D eigenvalue weighted by molar-refractivity contribution is -0.125. The number of rotatable bonds is 6. The van der Waals surface area contributed by atoms with E-state index in [-0.39, 0.29) is 17.9 Å². The molecule has 1 N–H and O–H groups in total. The fraction of sp³-hybridized carbons (Fsp3) is 0.900. The fourth-order valence-corrected chi connectivity index (χ4v) is 3.07. The minimum absolute atomic E-state index is 0.0607. The van der Waals surface area contributed by atoms with Crippen molar-refractivity contribution in [1.29, 1.82) is 0 Å². The van der Waals surface area contributed by atoms with Crippen molar-refractivity contribution in [3.05, 3.63) is 0 Å². The summed E-state index contributed by atoms with van der Waals surface area (Å²) in [6.07, 6.45) is 1.76. The Balaban J connectivity index is 2.31. The van der Waals surface area contributed by atoms with E-state index in [1.807, 2.05) is 11.8 Å². The summed E-state index contributed by atoms with van der Waals surface area (Å²) in [6.45, 7) is 0.540. The summed E-state index contributed by atoms with van der Waals surface area (Å²) < 4.78 is 5.04. The van der Waals surface area contributed by atoms with Gasteiger partial charge in [0.15, 0.2) is 0 Å². The number of halogens is 1. The summed E-state index contributed by atoms with van der Waals surface area (Å²) in [5, 5.41) is 3.00. The van der Waals surface area contributed by atoms with Crippen LogP contribution < -0.4 is 5.32 Å². The molecule has 0 radical (unpaired) electrons. The molecular weight excluding hydrogens is 234 g/mol. The van der Waals surface area contributed by atoms with Gasteiger partial charge in [0.2, 0.25) is 5.91 Å². The minimum atomic E-state index is 0.0607. The first-order chi connectivity index (χ1) is 7.27. The molecule has 2 atom stereocenters. The van der Waals surface area contributed by atoms with Gasteiger partial charge in [-0.05, 0) is 18.6 Å². The molecule has 1 fully saturated rings. The lowest BCUT2D eigenvalue weighted by atomic mass is 10.1. The van der Waals surface area contributed by atoms with E-state index in [0.29, 0.717) is 12.5 Å². The van der Waals surface area contributed by atoms with Gasteiger partial charge < -0.3 is 10.1 Å². The maximum atomic E-state index is 11.8. The van der Waals surface area contributed by atoms with E-state index in [2.05, 4.69) is 5.32 Å². The summed E-state index contributed by atoms with van der Waals surface area (Å²) in [5.41, 5.74) is 0. The van der Waals surface area contributed by atoms with E-state index in [0.717, 1.165) is 24.3 Å². The number of hydrogen-bond donors (Lipinski definition) is 1. The van der Waals surface area contributed by atoms with Crippen LogP contribution in [0.4, 0.5) is 0 Å². The van der Waals surface area contributed by atoms with Crippen LogP contribution in [0.25, 0.3) is 0 Å². The molecule has 15 heavy (non-hydrogen) atoms. The van der Waals surface area contributed by atoms with Gasteiger partial charge in [0.25, 0.3) is 0 Å². The molecule has 0 aliphatic carbocycles. The van der Waals surface area contributed by atoms with E-state index < -0.39 is 0 Å². The largest absolute Gasteiger partial charge is 0.383 e. The molecule has 0 aromatic rings. The topological polar surface area (TPSA) is 38.3 Å². The second-order valence-corrected chi connectivity index (χ2v) is 5.23. The first kappa shape index (κ1) is 13.1. The smallest absolute Gasteiger partial charge is 0.224 e. The van der Waals surface area contributed by atoms with Crippen LogP contribution in [0, 0.1) is 5.92 Å². The van der Waals surface area contributed by atoms with Crippen molar-refractivity contribution >= 4 is 29.3 Å². The van der Waals surface area contributed by atoms with Crippen LogP contribution in [-0.2, 0) is 9.53 Å². The Labute approximate surface area is 100 Å². The second-order valence-electron chi connectivity index (χ2n) is 3.70. The molecule has 1 saturated heterocycles. The Bertz CT molecular complexity index is 192. The number of nitrogens with one attached hydrogen (secondary N) is 1. The number of amides is 1. The van der Waals surface area contributed by atoms with Gasteiger partial charge in [-0.1, -0.05) is 0 Å². The van der Waals surface area contributed by atoms with Crippen LogP contribution >= 0.6 is 23.4 Å². The maximum absolute atomic E-state index is 11.8. The zero-order valence-corrected chi connectivity index (χ0v) is 10.6. The van der Waals surface area contributed by atoms with Crippen molar-refractivity contribution in [2.24, 2.45) is 5.92 Å². The minimum Gasteiger partial charge on any atom is -0.383 e. The monoisotopic (exact) mass is 251 g/mol. The highest BCUT2D eigenvalue weighted by atomic mass is 35.5. The zero-order chi connectivity index (χ0) is 11.1. The summed E-state index contributed by atoms with van der Waals surface area (Å²) in [5.74, 6) is 2.94. The predicted octanol–water partition coefficient (Wildman–Crippen LogP) is 1.50. The lowest BCUT2D eigenvalue weighted by Gasteiger charge is -2.18. The van der Waals surface area contributed by atoms with Crippen LogP contribution in [0.2, 0.25) is 0 Å². The SMILES string of the molecule is COCC(CCCl)NC(=O)C1CCSC1. The Morgan fingerprint density at radius 1 is 1.73 bits per heavy atom. The van der Waals surface area contributed by atoms with E-state index >= 15 is 0 Å². The van der Waals surface area contributed by atoms with Gasteiger partial charge in [-0.2, -0.15) is 11.8 Å². The van der Waals surface area contributed by atoms with Crippen LogP contribution in [-0.4, -0.2) is 43.1 Å². The van der Waals surface area contributed by atoms with Crippen molar-refractivity contribution in [2.45, 2.75) is 18.9 Å². The standard InChI is InChI=1S/C10H18ClNO2S/c1-14-6-9(2-4-11)12-10(13)8-3-5-15-7-8/h8-9H,2-7H2,1H3,(H,12,13). The Hall–Kier alpha value is 0.0700. The van der Waals surface area contributed by atoms with E-state index in [4.69, 9.17) is 16.3 Å². The van der Waals surface area contributed by atoms with Crippen LogP contribution in [0.5, 0.6) is 0 Å². The number of alkyl halides is 1. The molecule has 88 valence electrons. The normalized spacial score (nSPS) is 22.7. The number of methoxy groups -OCH3 is 1. The third kappa shape index (κ3) is 4.62. The van der Waals surface area contributed by atoms with E-state index in [9.17, 15) is 4.79 Å². The zero-order valence-electron chi connectivity index (χ0n) is 9.00. The number of carbonyl (C=O) groups is 1. The molecule has 0 aromatic carbocycles. The summed E-state index contributed by atoms with van der Waals surface area (Å²) >= 11 is 7.51. The summed E-state index contributed by atoms with van der Waals surface area (Å²) in [7, 11) is 1.64. The van der Waals surface area contributed by atoms with Crippen molar-refractivity contribution in [3.63, 3.8) is 0 Å². The third-order valence-electron chi connectivity index (χ3n) is 2.47. The highest BCUT2D eigenvalue weighted by Crippen LogP contribution is 2.23. The molecule has 2 unspecified atom stereocenters. The van der Waals surface area contributed by atoms with Gasteiger partial charge in [0, 0.05) is 24.7 Å². The molecule has 1 heterocycles. The summed E-state index contributed by atoms with van der Waals surface area (Å²) in [6, 6.07) is 0.0607. The molecule has 1 amide bonds. The van der Waals surface area contributed by atoms with Gasteiger partial charge in [-0.15, -0.1) is 11.6 Å². The molecule has 1 aliphatic heterocycles. The lowest BCUT2D eigenvalue weighted by Crippen LogP contribution is -2.41. The Morgan fingerprint density at radius 3 is 3.07 bits per heavy atom. The first-order valence-corrected chi connectivity index (χ1v) is 6.90. The highest BCUT2D eigenvalue weighted by Gasteiger charge is 2.24.